The largest absolute Gasteiger partial charge is 0.497 e. The van der Waals surface area contributed by atoms with Crippen LogP contribution in [0.1, 0.15) is 33.8 Å². The number of ether oxygens (including phenoxy) is 4. The van der Waals surface area contributed by atoms with Crippen molar-refractivity contribution in [2.75, 3.05) is 28.4 Å². The maximum Gasteiger partial charge on any atom is 0.203 e. The van der Waals surface area contributed by atoms with Crippen molar-refractivity contribution < 1.29 is 23.7 Å². The minimum atomic E-state index is -0.0758. The summed E-state index contributed by atoms with van der Waals surface area (Å²) in [7, 11) is 6.31. The highest BCUT2D eigenvalue weighted by Crippen LogP contribution is 2.51. The molecule has 0 amide bonds. The van der Waals surface area contributed by atoms with Crippen molar-refractivity contribution in [3.05, 3.63) is 47.0 Å². The minimum absolute atomic E-state index is 0.0741. The molecule has 0 unspecified atom stereocenters. The summed E-state index contributed by atoms with van der Waals surface area (Å²) < 4.78 is 21.6. The van der Waals surface area contributed by atoms with Gasteiger partial charge in [-0.1, -0.05) is 12.1 Å². The molecule has 1 aliphatic carbocycles. The monoisotopic (exact) mass is 328 g/mol. The van der Waals surface area contributed by atoms with Gasteiger partial charge in [0.2, 0.25) is 5.75 Å². The molecule has 5 nitrogen and oxygen atoms in total. The topological polar surface area (TPSA) is 54.0 Å². The van der Waals surface area contributed by atoms with Crippen molar-refractivity contribution in [1.82, 2.24) is 0 Å². The molecule has 24 heavy (non-hydrogen) atoms. The van der Waals surface area contributed by atoms with Gasteiger partial charge in [0.15, 0.2) is 17.3 Å². The van der Waals surface area contributed by atoms with Gasteiger partial charge in [-0.2, -0.15) is 0 Å². The fraction of sp³-hybridized carbons (Fsp3) is 0.316. The second-order valence-electron chi connectivity index (χ2n) is 5.56. The molecule has 5 heteroatoms. The summed E-state index contributed by atoms with van der Waals surface area (Å²) in [4.78, 5) is 12.5. The molecular weight excluding hydrogens is 308 g/mol. The standard InChI is InChI=1S/C19H20O5/c1-21-12-7-5-11(6-8-12)13-9-15(20)14-10-16(22-2)18(23-3)19(24-4)17(13)14/h5-8,10,13H,9H2,1-4H3/t13-/m1/s1. The Morgan fingerprint density at radius 1 is 0.875 bits per heavy atom. The normalized spacial score (nSPS) is 15.8. The summed E-state index contributed by atoms with van der Waals surface area (Å²) in [6.07, 6.45) is 0.397. The van der Waals surface area contributed by atoms with Crippen LogP contribution in [0.15, 0.2) is 30.3 Å². The zero-order valence-corrected chi connectivity index (χ0v) is 14.2. The quantitative estimate of drug-likeness (QED) is 0.841. The van der Waals surface area contributed by atoms with Gasteiger partial charge in [0.1, 0.15) is 5.75 Å². The molecule has 0 radical (unpaired) electrons. The smallest absolute Gasteiger partial charge is 0.203 e. The molecule has 1 atom stereocenters. The predicted octanol–water partition coefficient (Wildman–Crippen LogP) is 3.44. The van der Waals surface area contributed by atoms with E-state index in [-0.39, 0.29) is 11.7 Å². The van der Waals surface area contributed by atoms with E-state index in [1.807, 2.05) is 24.3 Å². The van der Waals surface area contributed by atoms with Crippen LogP contribution in [0.4, 0.5) is 0 Å². The van der Waals surface area contributed by atoms with Crippen molar-refractivity contribution in [3.8, 4) is 23.0 Å². The third-order valence-electron chi connectivity index (χ3n) is 4.42. The first-order valence-corrected chi connectivity index (χ1v) is 7.64. The lowest BCUT2D eigenvalue weighted by Gasteiger charge is -2.19. The van der Waals surface area contributed by atoms with Crippen LogP contribution in [0, 0.1) is 0 Å². The number of benzene rings is 2. The summed E-state index contributed by atoms with van der Waals surface area (Å²) in [5.74, 6) is 2.34. The van der Waals surface area contributed by atoms with Crippen molar-refractivity contribution in [3.63, 3.8) is 0 Å². The van der Waals surface area contributed by atoms with Gasteiger partial charge in [-0.25, -0.2) is 0 Å². The molecule has 0 saturated carbocycles. The van der Waals surface area contributed by atoms with Crippen LogP contribution in [-0.4, -0.2) is 34.2 Å². The lowest BCUT2D eigenvalue weighted by molar-refractivity contribution is 0.0991. The van der Waals surface area contributed by atoms with Crippen LogP contribution in [0.3, 0.4) is 0 Å². The molecule has 2 aromatic carbocycles. The van der Waals surface area contributed by atoms with Crippen molar-refractivity contribution in [2.24, 2.45) is 0 Å². The van der Waals surface area contributed by atoms with Crippen LogP contribution in [0.25, 0.3) is 0 Å². The van der Waals surface area contributed by atoms with Crippen molar-refractivity contribution in [1.29, 1.82) is 0 Å². The lowest BCUT2D eigenvalue weighted by Crippen LogP contribution is -2.03. The Labute approximate surface area is 141 Å². The Balaban J connectivity index is 2.17. The number of fused-ring (bicyclic) bond motifs is 1. The summed E-state index contributed by atoms with van der Waals surface area (Å²) in [5, 5.41) is 0. The zero-order valence-electron chi connectivity index (χ0n) is 14.2. The molecule has 3 rings (SSSR count). The zero-order chi connectivity index (χ0) is 17.3. The highest BCUT2D eigenvalue weighted by molar-refractivity contribution is 6.03. The maximum absolute atomic E-state index is 12.5. The Kier molecular flexibility index (Phi) is 4.34. The Bertz CT molecular complexity index is 764. The lowest BCUT2D eigenvalue weighted by atomic mass is 9.92. The number of methoxy groups -OCH3 is 4. The second kappa shape index (κ2) is 6.43. The number of Topliss-reactive ketones (excluding diaryl/α,β-unsaturated/α-hetero) is 1. The van der Waals surface area contributed by atoms with E-state index < -0.39 is 0 Å². The highest BCUT2D eigenvalue weighted by atomic mass is 16.5. The average Bonchev–Trinajstić information content (AvgIpc) is 2.96. The fourth-order valence-electron chi connectivity index (χ4n) is 3.27. The number of carbonyl (C=O) groups is 1. The van der Waals surface area contributed by atoms with E-state index in [0.717, 1.165) is 16.9 Å². The van der Waals surface area contributed by atoms with E-state index in [9.17, 15) is 4.79 Å². The van der Waals surface area contributed by atoms with Crippen LogP contribution < -0.4 is 18.9 Å². The molecular formula is C19H20O5. The van der Waals surface area contributed by atoms with E-state index in [4.69, 9.17) is 18.9 Å². The van der Waals surface area contributed by atoms with Gasteiger partial charge in [0.05, 0.1) is 28.4 Å². The Morgan fingerprint density at radius 3 is 2.08 bits per heavy atom. The average molecular weight is 328 g/mol. The Morgan fingerprint density at radius 2 is 1.54 bits per heavy atom. The third kappa shape index (κ3) is 2.46. The summed E-state index contributed by atoms with van der Waals surface area (Å²) in [6, 6.07) is 9.47. The van der Waals surface area contributed by atoms with E-state index in [0.29, 0.717) is 29.2 Å². The summed E-state index contributed by atoms with van der Waals surface area (Å²) >= 11 is 0. The van der Waals surface area contributed by atoms with E-state index in [1.165, 1.54) is 0 Å². The van der Waals surface area contributed by atoms with Gasteiger partial charge in [0, 0.05) is 23.5 Å². The van der Waals surface area contributed by atoms with Crippen LogP contribution >= 0.6 is 0 Å². The number of hydrogen-bond acceptors (Lipinski definition) is 5. The first-order valence-electron chi connectivity index (χ1n) is 7.64. The van der Waals surface area contributed by atoms with Crippen LogP contribution in [-0.2, 0) is 0 Å². The maximum atomic E-state index is 12.5. The predicted molar refractivity (Wildman–Crippen MR) is 89.9 cm³/mol. The third-order valence-corrected chi connectivity index (χ3v) is 4.42. The molecule has 0 heterocycles. The van der Waals surface area contributed by atoms with Crippen molar-refractivity contribution in [2.45, 2.75) is 12.3 Å². The minimum Gasteiger partial charge on any atom is -0.497 e. The van der Waals surface area contributed by atoms with Gasteiger partial charge in [-0.15, -0.1) is 0 Å². The number of carbonyl (C=O) groups excluding carboxylic acids is 1. The van der Waals surface area contributed by atoms with Gasteiger partial charge in [0.25, 0.3) is 0 Å². The molecule has 2 aromatic rings. The van der Waals surface area contributed by atoms with Gasteiger partial charge < -0.3 is 18.9 Å². The van der Waals surface area contributed by atoms with Gasteiger partial charge >= 0.3 is 0 Å². The van der Waals surface area contributed by atoms with Crippen LogP contribution in [0.5, 0.6) is 23.0 Å². The van der Waals surface area contributed by atoms with E-state index in [1.54, 1.807) is 34.5 Å². The van der Waals surface area contributed by atoms with Gasteiger partial charge in [-0.05, 0) is 23.8 Å². The first-order chi connectivity index (χ1) is 11.6. The second-order valence-corrected chi connectivity index (χ2v) is 5.56. The SMILES string of the molecule is COc1ccc([C@H]2CC(=O)c3cc(OC)c(OC)c(OC)c32)cc1. The van der Waals surface area contributed by atoms with E-state index >= 15 is 0 Å². The molecule has 0 bridgehead atoms. The molecule has 0 aromatic heterocycles. The number of hydrogen-bond donors (Lipinski definition) is 0. The van der Waals surface area contributed by atoms with Crippen LogP contribution in [0.2, 0.25) is 0 Å². The molecule has 0 fully saturated rings. The van der Waals surface area contributed by atoms with Gasteiger partial charge in [-0.3, -0.25) is 4.79 Å². The van der Waals surface area contributed by atoms with E-state index in [2.05, 4.69) is 0 Å². The molecule has 0 spiro atoms. The molecule has 0 N–H and O–H groups in total. The van der Waals surface area contributed by atoms with Crippen molar-refractivity contribution >= 4 is 5.78 Å². The number of ketones is 1. The molecule has 0 saturated heterocycles. The Hall–Kier alpha value is -2.69. The molecule has 126 valence electrons. The fourth-order valence-corrected chi connectivity index (χ4v) is 3.27. The number of rotatable bonds is 5. The highest BCUT2D eigenvalue weighted by Gasteiger charge is 2.36. The summed E-state index contributed by atoms with van der Waals surface area (Å²) in [5.41, 5.74) is 2.52. The summed E-state index contributed by atoms with van der Waals surface area (Å²) in [6.45, 7) is 0. The first kappa shape index (κ1) is 16.2. The molecule has 0 aliphatic heterocycles. The molecule has 1 aliphatic rings.